The molecule has 0 bridgehead atoms. The number of hydrogen-bond acceptors (Lipinski definition) is 4. The predicted octanol–water partition coefficient (Wildman–Crippen LogP) is 2.36. The van der Waals surface area contributed by atoms with Crippen molar-refractivity contribution < 1.29 is 24.7 Å². The molecule has 26 heavy (non-hydrogen) atoms. The molecular weight excluding hydrogens is 350 g/mol. The Hall–Kier alpha value is -2.31. The van der Waals surface area contributed by atoms with Crippen molar-refractivity contribution in [3.8, 4) is 0 Å². The Morgan fingerprint density at radius 1 is 1.19 bits per heavy atom. The number of aromatic nitrogens is 3. The summed E-state index contributed by atoms with van der Waals surface area (Å²) in [6.45, 7) is -18.5. The van der Waals surface area contributed by atoms with E-state index in [9.17, 15) is 4.79 Å². The standard InChI is InChI=1S/C19H22ClN5O/c20-16-5-3-6-17(15-16)23-13-11-22(12-14-23)8-4-10-25-19(26)24-9-2-1-7-18(24)21-25/h1-3,5-7,9,15H,4,8,10-14H2/i1D,2D,3D,5D,6D,7D,9D,10D2,11D2,12D2,13D2,14D2,15D. The maximum Gasteiger partial charge on any atom is 0.350 e. The van der Waals surface area contributed by atoms with E-state index < -0.39 is 116 Å². The van der Waals surface area contributed by atoms with Gasteiger partial charge in [-0.1, -0.05) is 23.7 Å². The first-order valence-corrected chi connectivity index (χ1v) is 7.60. The molecule has 1 fully saturated rings. The zero-order chi connectivity index (χ0) is 33.9. The van der Waals surface area contributed by atoms with Crippen LogP contribution in [0, 0.1) is 0 Å². The Morgan fingerprint density at radius 3 is 2.88 bits per heavy atom. The highest BCUT2D eigenvalue weighted by molar-refractivity contribution is 6.30. The number of halogens is 1. The smallest absolute Gasteiger partial charge is 0.350 e. The fourth-order valence-electron chi connectivity index (χ4n) is 2.01. The molecule has 0 radical (unpaired) electrons. The van der Waals surface area contributed by atoms with Gasteiger partial charge in [-0.05, 0) is 36.6 Å². The van der Waals surface area contributed by atoms with Gasteiger partial charge in [-0.3, -0.25) is 9.30 Å². The Balaban J connectivity index is 1.82. The highest BCUT2D eigenvalue weighted by atomic mass is 35.5. The molecule has 3 aromatic rings. The second-order valence-electron chi connectivity index (χ2n) is 4.85. The molecule has 1 saturated heterocycles. The lowest BCUT2D eigenvalue weighted by Crippen LogP contribution is -2.46. The summed E-state index contributed by atoms with van der Waals surface area (Å²) in [5.74, 6) is 0. The molecule has 0 amide bonds. The van der Waals surface area contributed by atoms with Crippen molar-refractivity contribution in [1.82, 2.24) is 19.1 Å². The summed E-state index contributed by atoms with van der Waals surface area (Å²) in [4.78, 5) is 12.8. The lowest BCUT2D eigenvalue weighted by Gasteiger charge is -2.36. The van der Waals surface area contributed by atoms with Gasteiger partial charge in [0.25, 0.3) is 0 Å². The van der Waals surface area contributed by atoms with Crippen molar-refractivity contribution in [3.05, 3.63) is 64.0 Å². The maximum atomic E-state index is 13.0. The van der Waals surface area contributed by atoms with Crippen LogP contribution < -0.4 is 10.6 Å². The molecule has 0 saturated carbocycles. The van der Waals surface area contributed by atoms with Crippen LogP contribution in [-0.2, 0) is 6.50 Å². The van der Waals surface area contributed by atoms with Gasteiger partial charge in [0.05, 0.1) is 19.2 Å². The fraction of sp³-hybridized carbons (Fsp3) is 0.368. The molecule has 1 aliphatic rings. The highest BCUT2D eigenvalue weighted by Crippen LogP contribution is 2.20. The minimum absolute atomic E-state index is 0.0279. The molecule has 6 nitrogen and oxygen atoms in total. The zero-order valence-corrected chi connectivity index (χ0v) is 13.7. The van der Waals surface area contributed by atoms with E-state index in [4.69, 9.17) is 36.3 Å². The van der Waals surface area contributed by atoms with Gasteiger partial charge in [-0.25, -0.2) is 9.48 Å². The van der Waals surface area contributed by atoms with Gasteiger partial charge in [0.2, 0.25) is 0 Å². The Morgan fingerprint density at radius 2 is 2.04 bits per heavy atom. The summed E-state index contributed by atoms with van der Waals surface area (Å²) >= 11 is 5.90. The average molecular weight is 390 g/mol. The minimum atomic E-state index is -3.64. The van der Waals surface area contributed by atoms with Crippen LogP contribution in [0.15, 0.2) is 53.3 Å². The van der Waals surface area contributed by atoms with Crippen molar-refractivity contribution in [1.29, 1.82) is 0 Å². The van der Waals surface area contributed by atoms with Gasteiger partial charge in [0, 0.05) is 61.4 Å². The SMILES string of the molecule is [2H]c1c([2H])c(Cl)c([2H])c(N2C([2H])([2H])C([2H])([2H])N(CCC([2H])([2H])n3nc4c([2H])c([2H])c([2H])c([2H])n4c3=O)C([2H])([2H])C2([2H])[2H])c1[2H]. The van der Waals surface area contributed by atoms with Crippen LogP contribution in [0.3, 0.4) is 0 Å². The van der Waals surface area contributed by atoms with Crippen LogP contribution in [-0.4, -0.2) is 51.6 Å². The predicted molar refractivity (Wildman–Crippen MR) is 104 cm³/mol. The average Bonchev–Trinajstić information content (AvgIpc) is 3.27. The molecule has 4 rings (SSSR count). The molecule has 0 aliphatic carbocycles. The fourth-order valence-corrected chi connectivity index (χ4v) is 2.15. The van der Waals surface area contributed by atoms with Crippen LogP contribution in [0.1, 0.15) is 31.1 Å². The minimum Gasteiger partial charge on any atom is -0.369 e. The zero-order valence-electron chi connectivity index (χ0n) is 30.9. The normalized spacial score (nSPS) is 34.0. The quantitative estimate of drug-likeness (QED) is 0.672. The Bertz CT molecular complexity index is 1700. The van der Waals surface area contributed by atoms with E-state index in [0.717, 1.165) is 0 Å². The van der Waals surface area contributed by atoms with Gasteiger partial charge in [-0.2, -0.15) is 0 Å². The number of piperazine rings is 1. The maximum absolute atomic E-state index is 13.0. The lowest BCUT2D eigenvalue weighted by atomic mass is 10.2. The van der Waals surface area contributed by atoms with Gasteiger partial charge in [0.15, 0.2) is 5.65 Å². The largest absolute Gasteiger partial charge is 0.369 e. The molecule has 0 atom stereocenters. The number of anilines is 1. The van der Waals surface area contributed by atoms with Crippen LogP contribution in [0.2, 0.25) is 5.02 Å². The molecule has 0 spiro atoms. The van der Waals surface area contributed by atoms with Crippen molar-refractivity contribution in [2.45, 2.75) is 12.9 Å². The number of nitrogens with zero attached hydrogens (tertiary/aromatic N) is 5. The summed E-state index contributed by atoms with van der Waals surface area (Å²) in [5, 5.41) is 2.88. The van der Waals surface area contributed by atoms with Gasteiger partial charge < -0.3 is 4.90 Å². The first kappa shape index (κ1) is 6.11. The first-order valence-electron chi connectivity index (χ1n) is 16.2. The number of hydrogen-bond donors (Lipinski definition) is 0. The molecule has 3 heterocycles. The van der Waals surface area contributed by atoms with E-state index in [1.807, 2.05) is 0 Å². The van der Waals surface area contributed by atoms with Crippen LogP contribution >= 0.6 is 11.6 Å². The second kappa shape index (κ2) is 7.51. The van der Waals surface area contributed by atoms with E-state index in [2.05, 4.69) is 5.10 Å². The van der Waals surface area contributed by atoms with Crippen LogP contribution in [0.4, 0.5) is 5.69 Å². The second-order valence-corrected chi connectivity index (χ2v) is 5.22. The van der Waals surface area contributed by atoms with Crippen molar-refractivity contribution in [3.63, 3.8) is 0 Å². The molecule has 136 valence electrons. The molecule has 7 heteroatoms. The summed E-state index contributed by atoms with van der Waals surface area (Å²) in [6, 6.07) is -6.21. The number of rotatable bonds is 5. The lowest BCUT2D eigenvalue weighted by molar-refractivity contribution is 0.248. The number of pyridine rings is 1. The third kappa shape index (κ3) is 3.61. The number of aryl methyl sites for hydroxylation is 1. The number of fused-ring (bicyclic) bond motifs is 1. The monoisotopic (exact) mass is 389 g/mol. The summed E-state index contributed by atoms with van der Waals surface area (Å²) in [5.41, 5.74) is -3.09. The van der Waals surface area contributed by atoms with Gasteiger partial charge >= 0.3 is 5.69 Å². The highest BCUT2D eigenvalue weighted by Gasteiger charge is 2.17. The van der Waals surface area contributed by atoms with E-state index in [0.29, 0.717) is 4.40 Å². The van der Waals surface area contributed by atoms with Gasteiger partial charge in [-0.15, -0.1) is 5.10 Å². The summed E-state index contributed by atoms with van der Waals surface area (Å²) < 4.78 is 149. The Labute approximate surface area is 182 Å². The summed E-state index contributed by atoms with van der Waals surface area (Å²) in [6.07, 6.45) is -1.91. The molecule has 0 unspecified atom stereocenters. The van der Waals surface area contributed by atoms with E-state index >= 15 is 0 Å². The topological polar surface area (TPSA) is 45.8 Å². The number of benzene rings is 1. The van der Waals surface area contributed by atoms with Crippen LogP contribution in [0.25, 0.3) is 5.65 Å². The molecule has 1 aromatic carbocycles. The van der Waals surface area contributed by atoms with E-state index in [-0.39, 0.29) is 14.5 Å². The third-order valence-corrected chi connectivity index (χ3v) is 3.37. The molecule has 0 N–H and O–H groups in total. The molecular formula is C19H22ClN5O. The third-order valence-electron chi connectivity index (χ3n) is 3.18. The summed E-state index contributed by atoms with van der Waals surface area (Å²) in [7, 11) is 0. The van der Waals surface area contributed by atoms with E-state index in [1.165, 1.54) is 0 Å². The Kier molecular flexibility index (Phi) is 1.76. The van der Waals surface area contributed by atoms with Crippen molar-refractivity contribution in [2.24, 2.45) is 0 Å². The van der Waals surface area contributed by atoms with E-state index in [1.54, 1.807) is 0 Å². The van der Waals surface area contributed by atoms with Crippen molar-refractivity contribution in [2.75, 3.05) is 37.4 Å². The van der Waals surface area contributed by atoms with Crippen molar-refractivity contribution >= 4 is 22.9 Å². The molecule has 1 aliphatic heterocycles. The molecule has 2 aromatic heterocycles. The van der Waals surface area contributed by atoms with Gasteiger partial charge in [0.1, 0.15) is 0 Å². The first-order chi connectivity index (χ1) is 19.8. The van der Waals surface area contributed by atoms with Crippen LogP contribution in [0.5, 0.6) is 0 Å².